The number of aliphatic hydroxyl groups excluding tert-OH is 2. The molecular weight excluding hydrogens is 584 g/mol. The summed E-state index contributed by atoms with van der Waals surface area (Å²) in [4.78, 5) is 67.9. The molecule has 0 radical (unpaired) electrons. The molecule has 260 valence electrons. The van der Waals surface area contributed by atoms with Crippen molar-refractivity contribution >= 4 is 35.7 Å². The van der Waals surface area contributed by atoms with Crippen molar-refractivity contribution in [2.24, 2.45) is 58.8 Å². The van der Waals surface area contributed by atoms with E-state index in [1.165, 1.54) is 14.1 Å². The predicted molar refractivity (Wildman–Crippen MR) is 162 cm³/mol. The maximum Gasteiger partial charge on any atom is 0.308 e. The standard InChI is InChI=1S/C14H26N2O2.C10H12O8.2CH5N.2CH4O/c1-5-9-7-8-11(13(17)15-3)10(6-2)12(9)14(18)16-4;11-7(12)3-1-2-4(8(13)14)6(10(17)18)5(3)9(15)16;4*1-2/h9-12H,5-8H2,1-4H3,(H,15,17)(H,16,18);3-6H,1-2H2,(H,11,12)(H,13,14)(H,15,16)(H,17,18);2*2H2,1H3;2*2H,1H3. The van der Waals surface area contributed by atoms with Gasteiger partial charge in [-0.1, -0.05) is 26.7 Å². The largest absolute Gasteiger partial charge is 0.481 e. The second kappa shape index (κ2) is 27.2. The van der Waals surface area contributed by atoms with E-state index in [9.17, 15) is 28.8 Å². The van der Waals surface area contributed by atoms with Crippen LogP contribution in [0.25, 0.3) is 0 Å². The minimum absolute atomic E-state index is 0.00917. The molecule has 2 aliphatic carbocycles. The van der Waals surface area contributed by atoms with Gasteiger partial charge in [0, 0.05) is 40.2 Å². The number of carboxylic acid groups (broad SMARTS) is 4. The Kier molecular flexibility index (Phi) is 29.4. The fourth-order valence-corrected chi connectivity index (χ4v) is 5.89. The lowest BCUT2D eigenvalue weighted by Crippen LogP contribution is -2.48. The molecule has 0 aromatic carbocycles. The second-order valence-corrected chi connectivity index (χ2v) is 9.37. The summed E-state index contributed by atoms with van der Waals surface area (Å²) in [6.45, 7) is 4.21. The van der Waals surface area contributed by atoms with Gasteiger partial charge in [0.2, 0.25) is 11.8 Å². The average molecular weight is 641 g/mol. The van der Waals surface area contributed by atoms with Gasteiger partial charge in [-0.05, 0) is 51.6 Å². The molecule has 0 aromatic rings. The number of carboxylic acids is 4. The molecule has 8 unspecified atom stereocenters. The van der Waals surface area contributed by atoms with Gasteiger partial charge in [0.1, 0.15) is 0 Å². The summed E-state index contributed by atoms with van der Waals surface area (Å²) in [6, 6.07) is 0. The third-order valence-corrected chi connectivity index (χ3v) is 7.71. The zero-order valence-corrected chi connectivity index (χ0v) is 27.1. The summed E-state index contributed by atoms with van der Waals surface area (Å²) in [5, 5.41) is 55.2. The topological polar surface area (TPSA) is 300 Å². The summed E-state index contributed by atoms with van der Waals surface area (Å²) in [7, 11) is 8.36. The van der Waals surface area contributed by atoms with Gasteiger partial charge in [-0.3, -0.25) is 28.8 Å². The van der Waals surface area contributed by atoms with Gasteiger partial charge in [0.15, 0.2) is 0 Å². The van der Waals surface area contributed by atoms with Gasteiger partial charge in [0.05, 0.1) is 23.7 Å². The molecular formula is C28H56N4O12. The molecule has 0 bridgehead atoms. The zero-order chi connectivity index (χ0) is 35.7. The Hall–Kier alpha value is -3.34. The molecule has 0 heterocycles. The number of nitrogens with two attached hydrogens (primary N) is 2. The highest BCUT2D eigenvalue weighted by Crippen LogP contribution is 2.42. The van der Waals surface area contributed by atoms with Crippen molar-refractivity contribution < 1.29 is 59.4 Å². The number of nitrogens with one attached hydrogen (secondary N) is 2. The summed E-state index contributed by atoms with van der Waals surface area (Å²) >= 11 is 0. The molecule has 2 amide bonds. The number of rotatable bonds is 8. The SMILES string of the molecule is CCC1CCC(C(=O)NC)C(CC)C1C(=O)NC.CN.CN.CO.CO.O=C(O)C1CCC(C(=O)O)C(C(=O)O)C1C(=O)O. The Bertz CT molecular complexity index is 820. The van der Waals surface area contributed by atoms with Crippen molar-refractivity contribution in [3.8, 4) is 0 Å². The summed E-state index contributed by atoms with van der Waals surface area (Å²) in [6.07, 6.45) is 3.45. The lowest BCUT2D eigenvalue weighted by atomic mass is 9.64. The molecule has 2 rings (SSSR count). The molecule has 2 aliphatic rings. The maximum absolute atomic E-state index is 12.1. The first-order valence-corrected chi connectivity index (χ1v) is 14.3. The van der Waals surface area contributed by atoms with E-state index in [2.05, 4.69) is 35.9 Å². The Balaban J connectivity index is -0.000000296. The van der Waals surface area contributed by atoms with Crippen LogP contribution in [0.15, 0.2) is 0 Å². The van der Waals surface area contributed by atoms with Crippen molar-refractivity contribution in [3.05, 3.63) is 0 Å². The predicted octanol–water partition coefficient (Wildman–Crippen LogP) is -0.493. The van der Waals surface area contributed by atoms with E-state index in [-0.39, 0.29) is 42.4 Å². The van der Waals surface area contributed by atoms with Gasteiger partial charge in [-0.15, -0.1) is 0 Å². The number of hydrogen-bond acceptors (Lipinski definition) is 10. The van der Waals surface area contributed by atoms with Crippen molar-refractivity contribution in [3.63, 3.8) is 0 Å². The first kappa shape index (κ1) is 47.6. The van der Waals surface area contributed by atoms with E-state index in [0.717, 1.165) is 39.9 Å². The highest BCUT2D eigenvalue weighted by Gasteiger charge is 2.52. The monoisotopic (exact) mass is 640 g/mol. The summed E-state index contributed by atoms with van der Waals surface area (Å²) in [5.41, 5.74) is 9.00. The van der Waals surface area contributed by atoms with Gasteiger partial charge in [-0.2, -0.15) is 0 Å². The molecule has 12 N–H and O–H groups in total. The van der Waals surface area contributed by atoms with E-state index in [1.807, 2.05) is 0 Å². The number of amides is 2. The smallest absolute Gasteiger partial charge is 0.308 e. The van der Waals surface area contributed by atoms with E-state index in [4.69, 9.17) is 30.6 Å². The van der Waals surface area contributed by atoms with Crippen molar-refractivity contribution in [1.29, 1.82) is 0 Å². The molecule has 8 atom stereocenters. The first-order chi connectivity index (χ1) is 20.9. The van der Waals surface area contributed by atoms with Crippen LogP contribution in [0, 0.1) is 47.3 Å². The Labute approximate surface area is 259 Å². The van der Waals surface area contributed by atoms with Gasteiger partial charge < -0.3 is 52.7 Å². The van der Waals surface area contributed by atoms with Crippen molar-refractivity contribution in [2.45, 2.75) is 52.4 Å². The molecule has 0 aromatic heterocycles. The molecule has 2 fully saturated rings. The fraction of sp³-hybridized carbons (Fsp3) is 0.786. The fourth-order valence-electron chi connectivity index (χ4n) is 5.89. The highest BCUT2D eigenvalue weighted by atomic mass is 16.4. The van der Waals surface area contributed by atoms with Crippen LogP contribution in [0.4, 0.5) is 0 Å². The molecule has 2 saturated carbocycles. The Morgan fingerprint density at radius 1 is 0.545 bits per heavy atom. The van der Waals surface area contributed by atoms with Crippen LogP contribution in [-0.2, 0) is 28.8 Å². The van der Waals surface area contributed by atoms with Gasteiger partial charge >= 0.3 is 23.9 Å². The van der Waals surface area contributed by atoms with Crippen LogP contribution in [0.1, 0.15) is 52.4 Å². The lowest BCUT2D eigenvalue weighted by molar-refractivity contribution is -0.172. The van der Waals surface area contributed by atoms with Crippen LogP contribution in [0.2, 0.25) is 0 Å². The van der Waals surface area contributed by atoms with Gasteiger partial charge in [-0.25, -0.2) is 0 Å². The maximum atomic E-state index is 12.1. The number of hydrogen-bond donors (Lipinski definition) is 10. The minimum atomic E-state index is -1.73. The number of aliphatic hydroxyl groups is 2. The molecule has 0 saturated heterocycles. The zero-order valence-electron chi connectivity index (χ0n) is 27.1. The third kappa shape index (κ3) is 14.0. The number of carbonyl (C=O) groups excluding carboxylic acids is 2. The minimum Gasteiger partial charge on any atom is -0.481 e. The molecule has 0 spiro atoms. The normalized spacial score (nSPS) is 26.5. The number of carbonyl (C=O) groups is 6. The van der Waals surface area contributed by atoms with Crippen molar-refractivity contribution in [2.75, 3.05) is 42.4 Å². The van der Waals surface area contributed by atoms with E-state index >= 15 is 0 Å². The van der Waals surface area contributed by atoms with Crippen molar-refractivity contribution in [1.82, 2.24) is 10.6 Å². The Morgan fingerprint density at radius 3 is 1.14 bits per heavy atom. The summed E-state index contributed by atoms with van der Waals surface area (Å²) < 4.78 is 0. The third-order valence-electron chi connectivity index (χ3n) is 7.71. The molecule has 16 nitrogen and oxygen atoms in total. The average Bonchev–Trinajstić information content (AvgIpc) is 3.06. The molecule has 44 heavy (non-hydrogen) atoms. The van der Waals surface area contributed by atoms with Gasteiger partial charge in [0.25, 0.3) is 0 Å². The number of aliphatic carboxylic acids is 4. The van der Waals surface area contributed by atoms with E-state index in [0.29, 0.717) is 5.92 Å². The second-order valence-electron chi connectivity index (χ2n) is 9.37. The van der Waals surface area contributed by atoms with Crippen LogP contribution in [-0.4, -0.2) is 109 Å². The molecule has 0 aliphatic heterocycles. The quantitative estimate of drug-likeness (QED) is 0.160. The van der Waals surface area contributed by atoms with E-state index in [1.54, 1.807) is 14.1 Å². The summed E-state index contributed by atoms with van der Waals surface area (Å²) in [5.74, 6) is -11.5. The van der Waals surface area contributed by atoms with Crippen LogP contribution in [0.5, 0.6) is 0 Å². The lowest BCUT2D eigenvalue weighted by Gasteiger charge is -2.40. The Morgan fingerprint density at radius 2 is 0.886 bits per heavy atom. The van der Waals surface area contributed by atoms with Crippen LogP contribution in [0.3, 0.4) is 0 Å². The first-order valence-electron chi connectivity index (χ1n) is 14.3. The van der Waals surface area contributed by atoms with Crippen LogP contribution >= 0.6 is 0 Å². The molecule has 16 heteroatoms. The highest BCUT2D eigenvalue weighted by molar-refractivity contribution is 5.89. The van der Waals surface area contributed by atoms with Crippen LogP contribution < -0.4 is 22.1 Å². The van der Waals surface area contributed by atoms with E-state index < -0.39 is 47.5 Å².